The summed E-state index contributed by atoms with van der Waals surface area (Å²) in [6.45, 7) is 4.31. The maximum atomic E-state index is 6.16. The average molecular weight is 239 g/mol. The number of hydrogen-bond acceptors (Lipinski definition) is 2. The minimum atomic E-state index is 0.980. The van der Waals surface area contributed by atoms with Crippen molar-refractivity contribution in [1.82, 2.24) is 0 Å². The maximum absolute atomic E-state index is 6.16. The van der Waals surface area contributed by atoms with Crippen LogP contribution in [-0.4, -0.2) is 0 Å². The molecule has 18 heavy (non-hydrogen) atoms. The van der Waals surface area contributed by atoms with Crippen molar-refractivity contribution in [3.63, 3.8) is 0 Å². The smallest absolute Gasteiger partial charge is 0.154 e. The summed E-state index contributed by atoms with van der Waals surface area (Å²) in [7, 11) is 0. The molecule has 0 amide bonds. The fraction of sp³-hybridized carbons (Fsp3) is 0.250. The molecule has 0 spiro atoms. The van der Waals surface area contributed by atoms with E-state index < -0.39 is 0 Å². The van der Waals surface area contributed by atoms with Crippen molar-refractivity contribution >= 4 is 11.4 Å². The highest BCUT2D eigenvalue weighted by Gasteiger charge is 2.20. The zero-order valence-corrected chi connectivity index (χ0v) is 10.8. The van der Waals surface area contributed by atoms with Gasteiger partial charge in [0.2, 0.25) is 0 Å². The molecule has 3 rings (SSSR count). The molecular formula is C16H17NO. The van der Waals surface area contributed by atoms with Gasteiger partial charge in [0.25, 0.3) is 0 Å². The Morgan fingerprint density at radius 1 is 0.833 bits per heavy atom. The molecule has 0 saturated carbocycles. The molecule has 1 aliphatic heterocycles. The lowest BCUT2D eigenvalue weighted by atomic mass is 10.1. The Labute approximate surface area is 108 Å². The van der Waals surface area contributed by atoms with Crippen molar-refractivity contribution in [1.29, 1.82) is 0 Å². The third kappa shape index (κ3) is 1.65. The van der Waals surface area contributed by atoms with Gasteiger partial charge in [0.1, 0.15) is 0 Å². The van der Waals surface area contributed by atoms with Crippen LogP contribution in [0.3, 0.4) is 0 Å². The molecule has 0 radical (unpaired) electrons. The van der Waals surface area contributed by atoms with E-state index in [9.17, 15) is 0 Å². The molecule has 0 aromatic heterocycles. The minimum Gasteiger partial charge on any atom is -0.452 e. The molecule has 0 fully saturated rings. The van der Waals surface area contributed by atoms with Gasteiger partial charge in [0.15, 0.2) is 11.5 Å². The van der Waals surface area contributed by atoms with Gasteiger partial charge >= 0.3 is 0 Å². The molecule has 2 heteroatoms. The second-order valence-corrected chi connectivity index (χ2v) is 4.52. The lowest BCUT2D eigenvalue weighted by Crippen LogP contribution is -2.06. The topological polar surface area (TPSA) is 21.3 Å². The summed E-state index contributed by atoms with van der Waals surface area (Å²) < 4.78 is 6.16. The first-order valence-electron chi connectivity index (χ1n) is 6.52. The molecular weight excluding hydrogens is 222 g/mol. The van der Waals surface area contributed by atoms with Crippen LogP contribution in [0.15, 0.2) is 36.4 Å². The minimum absolute atomic E-state index is 0.980. The van der Waals surface area contributed by atoms with Gasteiger partial charge in [-0.15, -0.1) is 0 Å². The van der Waals surface area contributed by atoms with Crippen molar-refractivity contribution in [3.05, 3.63) is 47.5 Å². The first-order chi connectivity index (χ1) is 8.83. The number of nitrogens with one attached hydrogen (secondary N) is 1. The van der Waals surface area contributed by atoms with Gasteiger partial charge in [-0.25, -0.2) is 0 Å². The van der Waals surface area contributed by atoms with Crippen LogP contribution in [-0.2, 0) is 12.8 Å². The van der Waals surface area contributed by atoms with E-state index in [-0.39, 0.29) is 0 Å². The normalized spacial score (nSPS) is 12.1. The molecule has 0 aliphatic carbocycles. The second kappa shape index (κ2) is 4.37. The summed E-state index contributed by atoms with van der Waals surface area (Å²) in [4.78, 5) is 0. The molecule has 0 bridgehead atoms. The monoisotopic (exact) mass is 239 g/mol. The van der Waals surface area contributed by atoms with E-state index in [0.29, 0.717) is 0 Å². The summed E-state index contributed by atoms with van der Waals surface area (Å²) in [5.41, 5.74) is 4.62. The fourth-order valence-electron chi connectivity index (χ4n) is 2.41. The van der Waals surface area contributed by atoms with Crippen LogP contribution in [0.1, 0.15) is 25.0 Å². The second-order valence-electron chi connectivity index (χ2n) is 4.52. The molecule has 0 saturated heterocycles. The number of anilines is 2. The average Bonchev–Trinajstić information content (AvgIpc) is 2.43. The van der Waals surface area contributed by atoms with Gasteiger partial charge in [-0.2, -0.15) is 0 Å². The SMILES string of the molecule is CCc1cccc2c1Oc1c(CC)cccc1N2. The Hall–Kier alpha value is -1.96. The van der Waals surface area contributed by atoms with E-state index >= 15 is 0 Å². The van der Waals surface area contributed by atoms with E-state index in [1.807, 2.05) is 0 Å². The van der Waals surface area contributed by atoms with Crippen molar-refractivity contribution in [2.75, 3.05) is 5.32 Å². The van der Waals surface area contributed by atoms with Gasteiger partial charge in [-0.3, -0.25) is 0 Å². The van der Waals surface area contributed by atoms with E-state index in [0.717, 1.165) is 35.7 Å². The van der Waals surface area contributed by atoms with Crippen LogP contribution < -0.4 is 10.1 Å². The largest absolute Gasteiger partial charge is 0.452 e. The summed E-state index contributed by atoms with van der Waals surface area (Å²) in [6, 6.07) is 12.5. The number of ether oxygens (including phenoxy) is 1. The number of benzene rings is 2. The summed E-state index contributed by atoms with van der Waals surface area (Å²) in [5, 5.41) is 3.46. The molecule has 0 atom stereocenters. The summed E-state index contributed by atoms with van der Waals surface area (Å²) >= 11 is 0. The third-order valence-electron chi connectivity index (χ3n) is 3.43. The first kappa shape index (κ1) is 11.1. The van der Waals surface area contributed by atoms with Gasteiger partial charge in [0.05, 0.1) is 11.4 Å². The molecule has 2 aromatic rings. The number of aryl methyl sites for hydroxylation is 2. The van der Waals surface area contributed by atoms with Gasteiger partial charge in [0, 0.05) is 0 Å². The summed E-state index contributed by atoms with van der Waals surface area (Å²) in [6.07, 6.45) is 1.96. The van der Waals surface area contributed by atoms with Crippen LogP contribution in [0.2, 0.25) is 0 Å². The van der Waals surface area contributed by atoms with Crippen LogP contribution >= 0.6 is 0 Å². The zero-order valence-electron chi connectivity index (χ0n) is 10.8. The lowest BCUT2D eigenvalue weighted by Gasteiger charge is -2.25. The Balaban J connectivity index is 2.12. The van der Waals surface area contributed by atoms with E-state index in [4.69, 9.17) is 4.74 Å². The predicted molar refractivity (Wildman–Crippen MR) is 75.0 cm³/mol. The van der Waals surface area contributed by atoms with E-state index in [1.165, 1.54) is 11.1 Å². The van der Waals surface area contributed by atoms with E-state index in [1.54, 1.807) is 0 Å². The molecule has 1 aliphatic rings. The highest BCUT2D eigenvalue weighted by Crippen LogP contribution is 2.45. The summed E-state index contributed by atoms with van der Waals surface area (Å²) in [5.74, 6) is 1.96. The number of para-hydroxylation sites is 2. The van der Waals surface area contributed by atoms with Crippen molar-refractivity contribution in [2.45, 2.75) is 26.7 Å². The van der Waals surface area contributed by atoms with Crippen LogP contribution in [0.25, 0.3) is 0 Å². The van der Waals surface area contributed by atoms with Gasteiger partial charge in [-0.05, 0) is 36.1 Å². The van der Waals surface area contributed by atoms with Crippen LogP contribution in [0, 0.1) is 0 Å². The Kier molecular flexibility index (Phi) is 2.71. The van der Waals surface area contributed by atoms with Crippen molar-refractivity contribution < 1.29 is 4.74 Å². The maximum Gasteiger partial charge on any atom is 0.154 e. The number of rotatable bonds is 2. The van der Waals surface area contributed by atoms with Crippen molar-refractivity contribution in [3.8, 4) is 11.5 Å². The highest BCUT2D eigenvalue weighted by atomic mass is 16.5. The van der Waals surface area contributed by atoms with E-state index in [2.05, 4.69) is 55.6 Å². The first-order valence-corrected chi connectivity index (χ1v) is 6.52. The lowest BCUT2D eigenvalue weighted by molar-refractivity contribution is 0.470. The van der Waals surface area contributed by atoms with Crippen LogP contribution in [0.4, 0.5) is 11.4 Å². The molecule has 1 heterocycles. The molecule has 1 N–H and O–H groups in total. The van der Waals surface area contributed by atoms with Crippen LogP contribution in [0.5, 0.6) is 11.5 Å². The van der Waals surface area contributed by atoms with Gasteiger partial charge < -0.3 is 10.1 Å². The molecule has 0 unspecified atom stereocenters. The Bertz CT molecular complexity index is 538. The van der Waals surface area contributed by atoms with Crippen molar-refractivity contribution in [2.24, 2.45) is 0 Å². The quantitative estimate of drug-likeness (QED) is 0.702. The fourth-order valence-corrected chi connectivity index (χ4v) is 2.41. The third-order valence-corrected chi connectivity index (χ3v) is 3.43. The molecule has 92 valence electrons. The molecule has 2 aromatic carbocycles. The number of fused-ring (bicyclic) bond motifs is 2. The Morgan fingerprint density at radius 2 is 1.33 bits per heavy atom. The highest BCUT2D eigenvalue weighted by molar-refractivity contribution is 5.78. The Morgan fingerprint density at radius 3 is 1.78 bits per heavy atom. The van der Waals surface area contributed by atoms with Gasteiger partial charge in [-0.1, -0.05) is 38.1 Å². The number of hydrogen-bond donors (Lipinski definition) is 1. The predicted octanol–water partition coefficient (Wildman–Crippen LogP) is 4.66. The standard InChI is InChI=1S/C16H17NO/c1-3-11-7-5-9-13-15(11)18-16-12(4-2)8-6-10-14(16)17-13/h5-10,17H,3-4H2,1-2H3. The zero-order chi connectivity index (χ0) is 12.5. The molecule has 2 nitrogen and oxygen atoms in total.